The molecule has 1 atom stereocenters. The zero-order valence-corrected chi connectivity index (χ0v) is 31.2. The largest absolute Gasteiger partial charge is 0.494 e. The number of esters is 2. The van der Waals surface area contributed by atoms with E-state index >= 15 is 0 Å². The zero-order chi connectivity index (χ0) is 37.7. The van der Waals surface area contributed by atoms with Gasteiger partial charge in [-0.05, 0) is 81.5 Å². The molecular formula is C42H56N2O8. The Morgan fingerprint density at radius 3 is 1.98 bits per heavy atom. The van der Waals surface area contributed by atoms with Crippen molar-refractivity contribution in [3.8, 4) is 28.4 Å². The van der Waals surface area contributed by atoms with Crippen LogP contribution in [0.25, 0.3) is 11.1 Å². The number of nitrogens with zero attached hydrogens (tertiary/aromatic N) is 1. The van der Waals surface area contributed by atoms with Gasteiger partial charge < -0.3 is 24.7 Å². The second-order valence-electron chi connectivity index (χ2n) is 13.3. The van der Waals surface area contributed by atoms with Crippen molar-refractivity contribution >= 4 is 23.3 Å². The predicted molar refractivity (Wildman–Crippen MR) is 206 cm³/mol. The summed E-state index contributed by atoms with van der Waals surface area (Å²) in [6.45, 7) is 10.4. The van der Waals surface area contributed by atoms with Crippen molar-refractivity contribution in [1.29, 1.82) is 0 Å². The van der Waals surface area contributed by atoms with Crippen molar-refractivity contribution in [3.05, 3.63) is 88.5 Å². The smallest absolute Gasteiger partial charge is 0.343 e. The molecule has 0 unspecified atom stereocenters. The van der Waals surface area contributed by atoms with Gasteiger partial charge in [0.05, 0.1) is 29.8 Å². The van der Waals surface area contributed by atoms with E-state index in [0.29, 0.717) is 52.7 Å². The molecule has 10 heteroatoms. The normalized spacial score (nSPS) is 11.4. The molecular weight excluding hydrogens is 660 g/mol. The molecule has 0 amide bonds. The molecule has 0 heterocycles. The topological polar surface area (TPSA) is 140 Å². The number of unbranched alkanes of at least 4 members (excludes halogenated alkanes) is 11. The molecule has 0 saturated carbocycles. The third-order valence-corrected chi connectivity index (χ3v) is 8.73. The summed E-state index contributed by atoms with van der Waals surface area (Å²) in [5, 5.41) is 11.9. The summed E-state index contributed by atoms with van der Waals surface area (Å²) < 4.78 is 22.5. The Balaban J connectivity index is 1.38. The Morgan fingerprint density at radius 1 is 0.808 bits per heavy atom. The van der Waals surface area contributed by atoms with Gasteiger partial charge in [-0.2, -0.15) is 0 Å². The Bertz CT molecular complexity index is 1570. The number of anilines is 1. The fourth-order valence-corrected chi connectivity index (χ4v) is 5.68. The van der Waals surface area contributed by atoms with Gasteiger partial charge in [-0.1, -0.05) is 89.8 Å². The maximum absolute atomic E-state index is 12.9. The number of hydrogen-bond donors (Lipinski definition) is 1. The molecule has 0 saturated heterocycles. The van der Waals surface area contributed by atoms with Crippen LogP contribution in [0, 0.1) is 10.1 Å². The minimum atomic E-state index is -0.528. The highest BCUT2D eigenvalue weighted by atomic mass is 16.6. The second kappa shape index (κ2) is 22.9. The first-order chi connectivity index (χ1) is 25.1. The van der Waals surface area contributed by atoms with Crippen molar-refractivity contribution in [1.82, 2.24) is 0 Å². The fourth-order valence-electron chi connectivity index (χ4n) is 5.68. The Morgan fingerprint density at radius 2 is 1.38 bits per heavy atom. The minimum Gasteiger partial charge on any atom is -0.494 e. The van der Waals surface area contributed by atoms with Crippen LogP contribution in [0.4, 0.5) is 11.4 Å². The molecule has 0 radical (unpaired) electrons. The lowest BCUT2D eigenvalue weighted by Crippen LogP contribution is -2.13. The molecule has 3 aromatic rings. The number of hydrogen-bond acceptors (Lipinski definition) is 9. The van der Waals surface area contributed by atoms with Crippen LogP contribution in [0.1, 0.15) is 121 Å². The molecule has 282 valence electrons. The van der Waals surface area contributed by atoms with Crippen molar-refractivity contribution < 1.29 is 33.5 Å². The lowest BCUT2D eigenvalue weighted by atomic mass is 10.0. The van der Waals surface area contributed by atoms with Crippen LogP contribution >= 0.6 is 0 Å². The minimum absolute atomic E-state index is 0.151. The average molecular weight is 717 g/mol. The summed E-state index contributed by atoms with van der Waals surface area (Å²) in [5.41, 5.74) is 8.40. The highest BCUT2D eigenvalue weighted by molar-refractivity contribution is 5.92. The van der Waals surface area contributed by atoms with E-state index in [4.69, 9.17) is 24.7 Å². The number of ether oxygens (including phenoxy) is 4. The molecule has 0 aliphatic carbocycles. The molecule has 0 spiro atoms. The summed E-state index contributed by atoms with van der Waals surface area (Å²) >= 11 is 0. The summed E-state index contributed by atoms with van der Waals surface area (Å²) in [5.74, 6) is 0.418. The van der Waals surface area contributed by atoms with E-state index in [2.05, 4.69) is 13.5 Å². The molecule has 0 aromatic heterocycles. The quantitative estimate of drug-likeness (QED) is 0.0172. The van der Waals surface area contributed by atoms with Crippen LogP contribution in [-0.4, -0.2) is 36.2 Å². The van der Waals surface area contributed by atoms with Crippen LogP contribution < -0.4 is 19.9 Å². The summed E-state index contributed by atoms with van der Waals surface area (Å²) in [7, 11) is 0. The van der Waals surface area contributed by atoms with Crippen LogP contribution in [0.2, 0.25) is 0 Å². The average Bonchev–Trinajstić information content (AvgIpc) is 3.12. The van der Waals surface area contributed by atoms with Crippen molar-refractivity contribution in [2.75, 3.05) is 18.9 Å². The Labute approximate surface area is 308 Å². The fraction of sp³-hybridized carbons (Fsp3) is 0.476. The van der Waals surface area contributed by atoms with Gasteiger partial charge >= 0.3 is 17.6 Å². The first kappa shape index (κ1) is 41.6. The van der Waals surface area contributed by atoms with E-state index < -0.39 is 10.9 Å². The number of nitro benzene ring substituents is 1. The van der Waals surface area contributed by atoms with E-state index in [1.165, 1.54) is 37.8 Å². The monoisotopic (exact) mass is 716 g/mol. The van der Waals surface area contributed by atoms with Gasteiger partial charge in [0, 0.05) is 29.0 Å². The third-order valence-electron chi connectivity index (χ3n) is 8.73. The van der Waals surface area contributed by atoms with Gasteiger partial charge in [0.1, 0.15) is 11.5 Å². The predicted octanol–water partition coefficient (Wildman–Crippen LogP) is 10.8. The third kappa shape index (κ3) is 14.8. The number of nitrogen functional groups attached to an aromatic ring is 1. The van der Waals surface area contributed by atoms with Gasteiger partial charge in [0.15, 0.2) is 5.75 Å². The number of nitrogens with two attached hydrogens (primary N) is 1. The van der Waals surface area contributed by atoms with Gasteiger partial charge in [-0.15, -0.1) is 0 Å². The standard InChI is InChI=1S/C42H56N2O8/c1-5-6-7-15-18-32(4)51-40-30-38(43)37(29-39(40)44(47)48)33-19-21-34(22-20-33)42(46)52-36-25-23-35(24-26-36)49-27-16-13-11-9-8-10-12-14-17-28-50-41(45)31(2)3/h19-26,29-30,32H,2,5-18,27-28,43H2,1,3-4H3/t32-/m1/s1. The maximum atomic E-state index is 12.9. The molecule has 0 aliphatic heterocycles. The van der Waals surface area contributed by atoms with Gasteiger partial charge in [0.25, 0.3) is 0 Å². The van der Waals surface area contributed by atoms with Gasteiger partial charge in [-0.25, -0.2) is 9.59 Å². The van der Waals surface area contributed by atoms with Crippen LogP contribution in [0.5, 0.6) is 17.2 Å². The maximum Gasteiger partial charge on any atom is 0.343 e. The highest BCUT2D eigenvalue weighted by Crippen LogP contribution is 2.38. The van der Waals surface area contributed by atoms with Crippen molar-refractivity contribution in [2.45, 2.75) is 117 Å². The molecule has 0 bridgehead atoms. The lowest BCUT2D eigenvalue weighted by Gasteiger charge is -2.16. The molecule has 0 fully saturated rings. The molecule has 52 heavy (non-hydrogen) atoms. The van der Waals surface area contributed by atoms with Crippen molar-refractivity contribution in [2.24, 2.45) is 0 Å². The highest BCUT2D eigenvalue weighted by Gasteiger charge is 2.21. The number of nitro groups is 1. The molecule has 2 N–H and O–H groups in total. The molecule has 3 aromatic carbocycles. The van der Waals surface area contributed by atoms with E-state index in [1.54, 1.807) is 55.5 Å². The lowest BCUT2D eigenvalue weighted by molar-refractivity contribution is -0.386. The number of carbonyl (C=O) groups is 2. The summed E-state index contributed by atoms with van der Waals surface area (Å²) in [4.78, 5) is 35.6. The van der Waals surface area contributed by atoms with Crippen LogP contribution in [0.3, 0.4) is 0 Å². The zero-order valence-electron chi connectivity index (χ0n) is 31.2. The first-order valence-corrected chi connectivity index (χ1v) is 18.7. The Kier molecular flexibility index (Phi) is 18.3. The van der Waals surface area contributed by atoms with Crippen molar-refractivity contribution in [3.63, 3.8) is 0 Å². The van der Waals surface area contributed by atoms with Crippen LogP contribution in [-0.2, 0) is 9.53 Å². The first-order valence-electron chi connectivity index (χ1n) is 18.7. The van der Waals surface area contributed by atoms with Gasteiger partial charge in [-0.3, -0.25) is 10.1 Å². The van der Waals surface area contributed by atoms with E-state index in [0.717, 1.165) is 64.2 Å². The van der Waals surface area contributed by atoms with Crippen LogP contribution in [0.15, 0.2) is 72.8 Å². The molecule has 0 aliphatic rings. The second-order valence-corrected chi connectivity index (χ2v) is 13.3. The van der Waals surface area contributed by atoms with E-state index in [9.17, 15) is 19.7 Å². The van der Waals surface area contributed by atoms with Gasteiger partial charge in [0.2, 0.25) is 0 Å². The molecule has 3 rings (SSSR count). The summed E-state index contributed by atoms with van der Waals surface area (Å²) in [6, 6.07) is 16.5. The molecule has 10 nitrogen and oxygen atoms in total. The number of rotatable bonds is 25. The van der Waals surface area contributed by atoms with E-state index in [1.807, 2.05) is 6.92 Å². The SMILES string of the molecule is C=C(C)C(=O)OCCCCCCCCCCCOc1ccc(OC(=O)c2ccc(-c3cc([N+](=O)[O-])c(O[C@H](C)CCCCCC)cc3N)cc2)cc1. The summed E-state index contributed by atoms with van der Waals surface area (Å²) in [6.07, 6.45) is 15.0. The number of benzene rings is 3. The number of carbonyl (C=O) groups excluding carboxylic acids is 2. The Hall–Kier alpha value is -4.86. The van der Waals surface area contributed by atoms with E-state index in [-0.39, 0.29) is 23.5 Å².